The molecule has 2 aliphatic heterocycles. The molecule has 8 rings (SSSR count). The Bertz CT molecular complexity index is 2860. The van der Waals surface area contributed by atoms with Crippen molar-refractivity contribution in [3.63, 3.8) is 0 Å². The normalized spacial score (nSPS) is 12.1. The number of hydrogen-bond donors (Lipinski definition) is 0. The quantitative estimate of drug-likeness (QED) is 0.132. The molecule has 0 N–H and O–H groups in total. The van der Waals surface area contributed by atoms with Crippen LogP contribution < -0.4 is 9.97 Å². The van der Waals surface area contributed by atoms with Gasteiger partial charge in [-0.05, 0) is 153 Å². The second-order valence-corrected chi connectivity index (χ2v) is 21.9. The van der Waals surface area contributed by atoms with Crippen molar-refractivity contribution in [1.29, 1.82) is 0 Å². The molecule has 0 unspecified atom stereocenters. The van der Waals surface area contributed by atoms with Gasteiger partial charge in [-0.3, -0.25) is 0 Å². The summed E-state index contributed by atoms with van der Waals surface area (Å²) in [6, 6.07) is 22.1. The molecule has 6 aromatic rings. The molecule has 58 heavy (non-hydrogen) atoms. The maximum absolute atomic E-state index is 5.54. The largest absolute Gasteiger partial charge is 2.00 e. The van der Waals surface area contributed by atoms with Crippen molar-refractivity contribution in [2.24, 2.45) is 0 Å². The van der Waals surface area contributed by atoms with E-state index in [-0.39, 0.29) is 19.5 Å². The van der Waals surface area contributed by atoms with Crippen molar-refractivity contribution in [3.05, 3.63) is 139 Å². The van der Waals surface area contributed by atoms with Gasteiger partial charge >= 0.3 is 19.5 Å². The average molecular weight is 824 g/mol. The van der Waals surface area contributed by atoms with Gasteiger partial charge in [0.25, 0.3) is 0 Å². The Kier molecular flexibility index (Phi) is 10.9. The third-order valence-corrected chi connectivity index (χ3v) is 11.8. The molecular weight excluding hydrogens is 774 g/mol. The molecule has 4 nitrogen and oxygen atoms in total. The van der Waals surface area contributed by atoms with E-state index in [9.17, 15) is 0 Å². The molecule has 0 radical (unpaired) electrons. The van der Waals surface area contributed by atoms with E-state index in [1.165, 1.54) is 50.1 Å². The summed E-state index contributed by atoms with van der Waals surface area (Å²) in [5, 5.41) is 0. The first kappa shape index (κ1) is 40.8. The van der Waals surface area contributed by atoms with Crippen LogP contribution in [0.25, 0.3) is 79.8 Å². The van der Waals surface area contributed by atoms with Crippen molar-refractivity contribution < 1.29 is 19.5 Å². The Labute approximate surface area is 357 Å². The van der Waals surface area contributed by atoms with Crippen LogP contribution in [0.2, 0.25) is 19.6 Å². The molecule has 8 bridgehead atoms. The Balaban J connectivity index is 0.00000512. The number of hydrogen-bond acceptors (Lipinski definition) is 2. The number of fused-ring (bicyclic) bond motifs is 8. The molecule has 0 aliphatic carbocycles. The van der Waals surface area contributed by atoms with E-state index in [1.54, 1.807) is 0 Å². The standard InChI is InChI=1S/C52H50N4Si.Zn/c1-29-23-32(4)47(33(5)24-29)50-41-15-13-39(53-41)38(21-22-57(10,11)12)40-14-16-42(54-40)51(48-34(6)25-30(2)26-35(48)7)44-18-20-46(56-44)52(45-19-17-43(50)55-45)49-36(8)27-31(3)28-37(49)9;/h13-20,23-28H,1-12H3;/q-2;+2. The van der Waals surface area contributed by atoms with Gasteiger partial charge in [-0.15, -0.1) is 27.6 Å². The summed E-state index contributed by atoms with van der Waals surface area (Å²) >= 11 is 0. The molecule has 0 spiro atoms. The smallest absolute Gasteiger partial charge is 0.657 e. The van der Waals surface area contributed by atoms with E-state index >= 15 is 0 Å². The summed E-state index contributed by atoms with van der Waals surface area (Å²) in [4.78, 5) is 21.9. The van der Waals surface area contributed by atoms with Crippen LogP contribution in [0.3, 0.4) is 0 Å². The van der Waals surface area contributed by atoms with Crippen LogP contribution in [0.15, 0.2) is 60.7 Å². The van der Waals surface area contributed by atoms with E-state index < -0.39 is 8.07 Å². The van der Waals surface area contributed by atoms with Crippen molar-refractivity contribution >= 4 is 54.4 Å². The predicted molar refractivity (Wildman–Crippen MR) is 246 cm³/mol. The third kappa shape index (κ3) is 7.55. The Hall–Kier alpha value is -5.34. The molecule has 3 aromatic carbocycles. The van der Waals surface area contributed by atoms with Crippen LogP contribution in [0.4, 0.5) is 0 Å². The summed E-state index contributed by atoms with van der Waals surface area (Å²) < 4.78 is 0. The first-order valence-corrected chi connectivity index (χ1v) is 23.4. The molecule has 2 aliphatic rings. The van der Waals surface area contributed by atoms with Crippen LogP contribution >= 0.6 is 0 Å². The van der Waals surface area contributed by atoms with Crippen molar-refractivity contribution in [3.8, 4) is 44.8 Å². The Morgan fingerprint density at radius 3 is 1.05 bits per heavy atom. The molecule has 0 amide bonds. The van der Waals surface area contributed by atoms with E-state index in [1.807, 2.05) is 0 Å². The summed E-state index contributed by atoms with van der Waals surface area (Å²) in [6.07, 6.45) is 8.57. The van der Waals surface area contributed by atoms with Gasteiger partial charge in [0.2, 0.25) is 0 Å². The maximum Gasteiger partial charge on any atom is 2.00 e. The van der Waals surface area contributed by atoms with Crippen molar-refractivity contribution in [2.45, 2.75) is 82.0 Å². The van der Waals surface area contributed by atoms with E-state index in [0.717, 1.165) is 83.8 Å². The number of aryl methyl sites for hydroxylation is 9. The molecule has 284 valence electrons. The van der Waals surface area contributed by atoms with Gasteiger partial charge in [-0.1, -0.05) is 103 Å². The Morgan fingerprint density at radius 1 is 0.414 bits per heavy atom. The zero-order valence-corrected chi connectivity index (χ0v) is 40.0. The van der Waals surface area contributed by atoms with E-state index in [0.29, 0.717) is 0 Å². The minimum Gasteiger partial charge on any atom is -0.657 e. The summed E-state index contributed by atoms with van der Waals surface area (Å²) in [5.41, 5.74) is 28.7. The average Bonchev–Trinajstić information content (AvgIpc) is 3.94. The molecule has 0 atom stereocenters. The van der Waals surface area contributed by atoms with Gasteiger partial charge in [-0.25, -0.2) is 9.97 Å². The van der Waals surface area contributed by atoms with Crippen LogP contribution in [0.5, 0.6) is 0 Å². The summed E-state index contributed by atoms with van der Waals surface area (Å²) in [6.45, 7) is 26.5. The zero-order chi connectivity index (χ0) is 40.5. The van der Waals surface area contributed by atoms with Crippen LogP contribution in [-0.4, -0.2) is 18.0 Å². The predicted octanol–water partition coefficient (Wildman–Crippen LogP) is 12.9. The molecule has 0 saturated heterocycles. The maximum atomic E-state index is 5.54. The van der Waals surface area contributed by atoms with Crippen LogP contribution in [-0.2, 0) is 19.5 Å². The minimum absolute atomic E-state index is 0. The number of nitrogens with zero attached hydrogens (tertiary/aromatic N) is 4. The van der Waals surface area contributed by atoms with Crippen molar-refractivity contribution in [1.82, 2.24) is 19.9 Å². The topological polar surface area (TPSA) is 54.0 Å². The van der Waals surface area contributed by atoms with Crippen LogP contribution in [0, 0.1) is 73.8 Å². The molecule has 3 aromatic heterocycles. The third-order valence-electron chi connectivity index (χ3n) is 11.0. The molecule has 5 heterocycles. The second kappa shape index (κ2) is 15.4. The second-order valence-electron chi connectivity index (χ2n) is 17.2. The fourth-order valence-electron chi connectivity index (χ4n) is 8.96. The van der Waals surface area contributed by atoms with Crippen molar-refractivity contribution in [2.75, 3.05) is 0 Å². The number of aromatic nitrogens is 4. The fraction of sp³-hybridized carbons (Fsp3) is 0.231. The summed E-state index contributed by atoms with van der Waals surface area (Å²) in [5.74, 6) is 3.61. The summed E-state index contributed by atoms with van der Waals surface area (Å²) in [7, 11) is -1.77. The molecule has 0 saturated carbocycles. The Morgan fingerprint density at radius 2 is 0.707 bits per heavy atom. The van der Waals surface area contributed by atoms with Gasteiger partial charge < -0.3 is 9.97 Å². The van der Waals surface area contributed by atoms with Gasteiger partial charge in [-0.2, -0.15) is 0 Å². The zero-order valence-electron chi connectivity index (χ0n) is 36.1. The monoisotopic (exact) mass is 822 g/mol. The van der Waals surface area contributed by atoms with E-state index in [4.69, 9.17) is 19.9 Å². The number of rotatable bonds is 3. The van der Waals surface area contributed by atoms with E-state index in [2.05, 4.69) is 178 Å². The molecular formula is C52H50N4SiZn. The first-order valence-electron chi connectivity index (χ1n) is 19.9. The minimum atomic E-state index is -1.77. The number of benzene rings is 3. The van der Waals surface area contributed by atoms with Gasteiger partial charge in [0.05, 0.1) is 22.8 Å². The SMILES string of the molecule is Cc1cc(C)c(-c2c3nc(c(-c4c(C)cc(C)cc4C)c4ccc([n-]4)c(-c4c(C)cc(C)cc4C)c4nc(c(C#C[Si](C)(C)C)c5ccc2[n-]5)C=C4)C=C3)c(C)c1.[Zn+2]. The molecule has 6 heteroatoms. The van der Waals surface area contributed by atoms with Gasteiger partial charge in [0.15, 0.2) is 0 Å². The fourth-order valence-corrected chi connectivity index (χ4v) is 9.46. The first-order chi connectivity index (χ1) is 27.1. The van der Waals surface area contributed by atoms with Gasteiger partial charge in [0.1, 0.15) is 8.07 Å². The van der Waals surface area contributed by atoms with Gasteiger partial charge in [0, 0.05) is 5.56 Å². The molecule has 0 fully saturated rings. The van der Waals surface area contributed by atoms with Crippen LogP contribution in [0.1, 0.15) is 78.4 Å².